The van der Waals surface area contributed by atoms with Gasteiger partial charge in [0.1, 0.15) is 17.7 Å². The summed E-state index contributed by atoms with van der Waals surface area (Å²) in [7, 11) is -5.92. The van der Waals surface area contributed by atoms with Crippen LogP contribution < -0.4 is 5.32 Å². The summed E-state index contributed by atoms with van der Waals surface area (Å²) < 4.78 is 72.8. The summed E-state index contributed by atoms with van der Waals surface area (Å²) in [5.74, 6) is -0.710. The van der Waals surface area contributed by atoms with Crippen LogP contribution in [0.1, 0.15) is 68.8 Å². The molecule has 2 atom stereocenters. The van der Waals surface area contributed by atoms with E-state index in [1.165, 1.54) is 11.2 Å². The van der Waals surface area contributed by atoms with Crippen molar-refractivity contribution < 1.29 is 35.3 Å². The summed E-state index contributed by atoms with van der Waals surface area (Å²) in [6.07, 6.45) is 4.12. The number of hydrazone groups is 1. The predicted molar refractivity (Wildman–Crippen MR) is 145 cm³/mol. The number of amides is 1. The number of hydrogen-bond donors (Lipinski definition) is 1. The number of halogens is 3. The smallest absolute Gasteiger partial charge is 0.444 e. The normalized spacial score (nSPS) is 21.8. The van der Waals surface area contributed by atoms with Gasteiger partial charge in [-0.1, -0.05) is 54.6 Å². The molecule has 1 fully saturated rings. The highest BCUT2D eigenvalue weighted by Gasteiger charge is 2.51. The summed E-state index contributed by atoms with van der Waals surface area (Å²) in [6, 6.07) is 15.3. The lowest BCUT2D eigenvalue weighted by molar-refractivity contribution is -0.0519. The van der Waals surface area contributed by atoms with Crippen LogP contribution in [0.3, 0.4) is 0 Å². The first-order valence-corrected chi connectivity index (χ1v) is 14.4. The van der Waals surface area contributed by atoms with Crippen molar-refractivity contribution in [3.63, 3.8) is 0 Å². The highest BCUT2D eigenvalue weighted by molar-refractivity contribution is 7.87. The van der Waals surface area contributed by atoms with E-state index in [0.717, 1.165) is 36.5 Å². The largest absolute Gasteiger partial charge is 0.534 e. The Kier molecular flexibility index (Phi) is 7.13. The average Bonchev–Trinajstić information content (AvgIpc) is 3.26. The van der Waals surface area contributed by atoms with Crippen LogP contribution in [-0.2, 0) is 24.6 Å². The Labute approximate surface area is 235 Å². The zero-order valence-corrected chi connectivity index (χ0v) is 23.4. The zero-order valence-electron chi connectivity index (χ0n) is 22.6. The highest BCUT2D eigenvalue weighted by Crippen LogP contribution is 2.46. The molecule has 2 aromatic carbocycles. The summed E-state index contributed by atoms with van der Waals surface area (Å²) in [5.41, 5.74) is -4.46. The van der Waals surface area contributed by atoms with Gasteiger partial charge >= 0.3 is 21.7 Å². The van der Waals surface area contributed by atoms with E-state index in [-0.39, 0.29) is 5.84 Å². The van der Waals surface area contributed by atoms with Crippen molar-refractivity contribution in [2.24, 2.45) is 10.1 Å². The van der Waals surface area contributed by atoms with Crippen molar-refractivity contribution in [3.8, 4) is 0 Å². The van der Waals surface area contributed by atoms with E-state index in [1.807, 2.05) is 54.6 Å². The van der Waals surface area contributed by atoms with Crippen molar-refractivity contribution in [1.29, 1.82) is 0 Å². The molecule has 1 saturated carbocycles. The van der Waals surface area contributed by atoms with Crippen molar-refractivity contribution in [2.75, 3.05) is 0 Å². The SMILES string of the molecule is CC(C)(C)OC(=O)NC1(c2ccc(C3N=C4C(OS(=O)(=O)C(F)(F)F)=CC=NN4C3c3ccccc3)cc2)CCC1. The number of amidine groups is 1. The third-order valence-electron chi connectivity index (χ3n) is 7.05. The molecule has 2 unspecified atom stereocenters. The summed E-state index contributed by atoms with van der Waals surface area (Å²) >= 11 is 0. The molecule has 0 radical (unpaired) electrons. The molecular formula is C28H29F3N4O5S. The molecule has 3 aliphatic rings. The second-order valence-corrected chi connectivity index (χ2v) is 12.6. The number of fused-ring (bicyclic) bond motifs is 1. The van der Waals surface area contributed by atoms with E-state index in [1.54, 1.807) is 20.8 Å². The topological polar surface area (TPSA) is 110 Å². The fraction of sp³-hybridized carbons (Fsp3) is 0.393. The molecule has 218 valence electrons. The van der Waals surface area contributed by atoms with Crippen molar-refractivity contribution >= 4 is 28.3 Å². The molecule has 2 aromatic rings. The second kappa shape index (κ2) is 10.2. The summed E-state index contributed by atoms with van der Waals surface area (Å²) in [4.78, 5) is 17.2. The lowest BCUT2D eigenvalue weighted by atomic mass is 9.71. The predicted octanol–water partition coefficient (Wildman–Crippen LogP) is 5.84. The molecule has 1 N–H and O–H groups in total. The Morgan fingerprint density at radius 3 is 2.24 bits per heavy atom. The molecule has 0 aromatic heterocycles. The average molecular weight is 591 g/mol. The monoisotopic (exact) mass is 590 g/mol. The fourth-order valence-electron chi connectivity index (χ4n) is 5.05. The van der Waals surface area contributed by atoms with E-state index in [0.29, 0.717) is 5.56 Å². The van der Waals surface area contributed by atoms with Gasteiger partial charge in [-0.15, -0.1) is 0 Å². The first kappa shape index (κ1) is 28.7. The molecule has 41 heavy (non-hydrogen) atoms. The van der Waals surface area contributed by atoms with Gasteiger partial charge in [0.05, 0.1) is 11.8 Å². The quantitative estimate of drug-likeness (QED) is 0.335. The van der Waals surface area contributed by atoms with Gasteiger partial charge in [0.25, 0.3) is 0 Å². The Hall–Kier alpha value is -3.87. The molecule has 1 amide bonds. The van der Waals surface area contributed by atoms with Crippen LogP contribution in [0.2, 0.25) is 0 Å². The van der Waals surface area contributed by atoms with Crippen LogP contribution in [0.5, 0.6) is 0 Å². The summed E-state index contributed by atoms with van der Waals surface area (Å²) in [6.45, 7) is 5.38. The van der Waals surface area contributed by atoms with Crippen LogP contribution in [0.15, 0.2) is 76.5 Å². The fourth-order valence-corrected chi connectivity index (χ4v) is 5.51. The van der Waals surface area contributed by atoms with Crippen LogP contribution >= 0.6 is 0 Å². The van der Waals surface area contributed by atoms with Crippen LogP contribution in [0.25, 0.3) is 0 Å². The van der Waals surface area contributed by atoms with Gasteiger partial charge < -0.3 is 14.2 Å². The molecule has 0 saturated heterocycles. The van der Waals surface area contributed by atoms with Crippen LogP contribution in [-0.4, -0.2) is 42.7 Å². The molecule has 9 nitrogen and oxygen atoms in total. The van der Waals surface area contributed by atoms with E-state index in [2.05, 4.69) is 19.6 Å². The number of ether oxygens (including phenoxy) is 1. The van der Waals surface area contributed by atoms with E-state index >= 15 is 0 Å². The van der Waals surface area contributed by atoms with Crippen LogP contribution in [0, 0.1) is 0 Å². The minimum Gasteiger partial charge on any atom is -0.444 e. The maximum absolute atomic E-state index is 13.1. The molecule has 2 heterocycles. The van der Waals surface area contributed by atoms with Crippen LogP contribution in [0.4, 0.5) is 18.0 Å². The van der Waals surface area contributed by atoms with Gasteiger partial charge in [0.2, 0.25) is 0 Å². The Bertz CT molecular complexity index is 1510. The number of alkyl carbamates (subject to hydrolysis) is 1. The number of alkyl halides is 3. The maximum Gasteiger partial charge on any atom is 0.534 e. The maximum atomic E-state index is 13.1. The number of carbonyl (C=O) groups is 1. The number of hydrogen-bond acceptors (Lipinski definition) is 8. The third kappa shape index (κ3) is 5.67. The summed E-state index contributed by atoms with van der Waals surface area (Å²) in [5, 5.41) is 8.68. The Morgan fingerprint density at radius 2 is 1.68 bits per heavy atom. The Morgan fingerprint density at radius 1 is 1.02 bits per heavy atom. The van der Waals surface area contributed by atoms with E-state index < -0.39 is 50.7 Å². The number of rotatable bonds is 6. The number of allylic oxidation sites excluding steroid dienone is 1. The van der Waals surface area contributed by atoms with Gasteiger partial charge in [-0.25, -0.2) is 9.80 Å². The van der Waals surface area contributed by atoms with Crippen molar-refractivity contribution in [2.45, 2.75) is 68.8 Å². The molecule has 1 aliphatic carbocycles. The lowest BCUT2D eigenvalue weighted by Gasteiger charge is -2.43. The van der Waals surface area contributed by atoms with Gasteiger partial charge in [0, 0.05) is 6.08 Å². The number of carbonyl (C=O) groups excluding carboxylic acids is 1. The highest BCUT2D eigenvalue weighted by atomic mass is 32.2. The molecular weight excluding hydrogens is 561 g/mol. The molecule has 2 aliphatic heterocycles. The van der Waals surface area contributed by atoms with E-state index in [4.69, 9.17) is 4.74 Å². The van der Waals surface area contributed by atoms with Gasteiger partial charge in [-0.3, -0.25) is 4.99 Å². The second-order valence-electron chi connectivity index (χ2n) is 11.1. The zero-order chi connectivity index (χ0) is 29.6. The molecule has 0 bridgehead atoms. The first-order chi connectivity index (χ1) is 19.2. The minimum absolute atomic E-state index is 0.134. The van der Waals surface area contributed by atoms with Crippen molar-refractivity contribution in [3.05, 3.63) is 83.1 Å². The lowest BCUT2D eigenvalue weighted by Crippen LogP contribution is -2.52. The number of nitrogens with one attached hydrogen (secondary N) is 1. The molecule has 13 heteroatoms. The third-order valence-corrected chi connectivity index (χ3v) is 8.02. The number of aliphatic imine (C=N–C) groups is 1. The van der Waals surface area contributed by atoms with E-state index in [9.17, 15) is 26.4 Å². The standard InChI is InChI=1S/C28H29F3N4O5S/c1-26(2,3)39-25(36)34-27(15-7-16-27)20-12-10-18(11-13-20)22-23(19-8-5-4-6-9-19)35-24(33-22)21(14-17-32-35)40-41(37,38)28(29,30)31/h4-6,8-14,17,22-23H,7,15-16H2,1-3H3,(H,34,36). The first-order valence-electron chi connectivity index (χ1n) is 13.0. The van der Waals surface area contributed by atoms with Gasteiger partial charge in [-0.2, -0.15) is 26.7 Å². The number of benzene rings is 2. The minimum atomic E-state index is -5.92. The molecule has 0 spiro atoms. The Balaban J connectivity index is 1.47. The molecule has 5 rings (SSSR count). The van der Waals surface area contributed by atoms with Crippen molar-refractivity contribution in [1.82, 2.24) is 10.3 Å². The van der Waals surface area contributed by atoms with Gasteiger partial charge in [0.15, 0.2) is 11.6 Å². The number of nitrogens with zero attached hydrogens (tertiary/aromatic N) is 3. The van der Waals surface area contributed by atoms with Gasteiger partial charge in [-0.05, 0) is 56.7 Å².